The van der Waals surface area contributed by atoms with Crippen LogP contribution in [0.4, 0.5) is 0 Å². The lowest BCUT2D eigenvalue weighted by molar-refractivity contribution is 0.539. The summed E-state index contributed by atoms with van der Waals surface area (Å²) < 4.78 is 24.5. The van der Waals surface area contributed by atoms with E-state index in [2.05, 4.69) is 4.98 Å². The van der Waals surface area contributed by atoms with Gasteiger partial charge in [0.1, 0.15) is 5.82 Å². The highest BCUT2D eigenvalue weighted by molar-refractivity contribution is 7.91. The molecule has 6 heteroatoms. The number of hydrogen-bond acceptors (Lipinski definition) is 4. The fourth-order valence-electron chi connectivity index (χ4n) is 1.49. The number of sulfone groups is 1. The van der Waals surface area contributed by atoms with Gasteiger partial charge < -0.3 is 10.3 Å². The van der Waals surface area contributed by atoms with Gasteiger partial charge in [0.2, 0.25) is 0 Å². The number of nitrogens with two attached hydrogens (primary N) is 1. The molecule has 0 saturated carbocycles. The molecule has 0 saturated heterocycles. The average molecular weight is 245 g/mol. The highest BCUT2D eigenvalue weighted by Gasteiger charge is 2.22. The predicted octanol–water partition coefficient (Wildman–Crippen LogP) is 0.113. The Hall–Kier alpha value is -0.880. The van der Waals surface area contributed by atoms with Crippen molar-refractivity contribution in [2.24, 2.45) is 12.8 Å². The molecule has 0 amide bonds. The molecular weight excluding hydrogens is 226 g/mol. The Balaban J connectivity index is 2.54. The molecule has 92 valence electrons. The number of nitrogens with zero attached hydrogens (tertiary/aromatic N) is 2. The quantitative estimate of drug-likeness (QED) is 0.799. The van der Waals surface area contributed by atoms with Crippen molar-refractivity contribution in [2.75, 3.05) is 6.26 Å². The molecule has 2 N–H and O–H groups in total. The van der Waals surface area contributed by atoms with Gasteiger partial charge in [-0.1, -0.05) is 0 Å². The van der Waals surface area contributed by atoms with Crippen LogP contribution in [0, 0.1) is 0 Å². The minimum atomic E-state index is -3.06. The van der Waals surface area contributed by atoms with Gasteiger partial charge in [-0.15, -0.1) is 0 Å². The third-order valence-electron chi connectivity index (χ3n) is 2.90. The van der Waals surface area contributed by atoms with Crippen LogP contribution in [-0.2, 0) is 23.3 Å². The van der Waals surface area contributed by atoms with Crippen LogP contribution in [0.5, 0.6) is 0 Å². The van der Waals surface area contributed by atoms with Gasteiger partial charge in [0.25, 0.3) is 0 Å². The Morgan fingerprint density at radius 1 is 1.56 bits per heavy atom. The summed E-state index contributed by atoms with van der Waals surface area (Å²) in [6.45, 7) is 1.65. The summed E-state index contributed by atoms with van der Waals surface area (Å²) in [5.74, 6) is 0.927. The number of aryl methyl sites for hydroxylation is 2. The summed E-state index contributed by atoms with van der Waals surface area (Å²) in [4.78, 5) is 4.17. The van der Waals surface area contributed by atoms with Gasteiger partial charge in [-0.05, 0) is 13.3 Å². The number of hydrogen-bond donors (Lipinski definition) is 1. The predicted molar refractivity (Wildman–Crippen MR) is 63.8 cm³/mol. The maximum atomic E-state index is 11.3. The second-order valence-corrected chi connectivity index (χ2v) is 6.59. The van der Waals surface area contributed by atoms with Crippen molar-refractivity contribution in [1.29, 1.82) is 0 Å². The molecule has 0 fully saturated rings. The highest BCUT2D eigenvalue weighted by atomic mass is 32.2. The first kappa shape index (κ1) is 13.2. The first-order chi connectivity index (χ1) is 7.32. The Labute approximate surface area is 96.6 Å². The van der Waals surface area contributed by atoms with Crippen LogP contribution in [0.25, 0.3) is 0 Å². The fraction of sp³-hybridized carbons (Fsp3) is 0.700. The van der Waals surface area contributed by atoms with E-state index in [1.807, 2.05) is 17.8 Å². The smallest absolute Gasteiger partial charge is 0.151 e. The van der Waals surface area contributed by atoms with Crippen LogP contribution in [0.1, 0.15) is 19.2 Å². The number of imidazole rings is 1. The van der Waals surface area contributed by atoms with Crippen LogP contribution in [0.15, 0.2) is 12.4 Å². The summed E-state index contributed by atoms with van der Waals surface area (Å²) in [7, 11) is -1.14. The average Bonchev–Trinajstić information content (AvgIpc) is 2.58. The minimum Gasteiger partial charge on any atom is -0.338 e. The van der Waals surface area contributed by atoms with Gasteiger partial charge in [0, 0.05) is 38.2 Å². The van der Waals surface area contributed by atoms with Crippen LogP contribution < -0.4 is 5.73 Å². The van der Waals surface area contributed by atoms with E-state index in [1.165, 1.54) is 6.26 Å². The molecule has 1 rings (SSSR count). The molecule has 2 unspecified atom stereocenters. The fourth-order valence-corrected chi connectivity index (χ4v) is 2.26. The normalized spacial score (nSPS) is 16.0. The molecule has 1 heterocycles. The number of aromatic nitrogens is 2. The maximum Gasteiger partial charge on any atom is 0.151 e. The van der Waals surface area contributed by atoms with Crippen LogP contribution in [0.2, 0.25) is 0 Å². The molecule has 0 bridgehead atoms. The summed E-state index contributed by atoms with van der Waals surface area (Å²) in [5, 5.41) is -0.507. The summed E-state index contributed by atoms with van der Waals surface area (Å²) in [5.41, 5.74) is 5.85. The first-order valence-electron chi connectivity index (χ1n) is 5.23. The van der Waals surface area contributed by atoms with Crippen molar-refractivity contribution < 1.29 is 8.42 Å². The van der Waals surface area contributed by atoms with E-state index in [9.17, 15) is 8.42 Å². The van der Waals surface area contributed by atoms with Crippen LogP contribution in [-0.4, -0.2) is 35.5 Å². The Morgan fingerprint density at radius 2 is 2.19 bits per heavy atom. The second kappa shape index (κ2) is 4.97. The zero-order chi connectivity index (χ0) is 12.3. The van der Waals surface area contributed by atoms with Crippen molar-refractivity contribution in [3.8, 4) is 0 Å². The van der Waals surface area contributed by atoms with Crippen LogP contribution >= 0.6 is 0 Å². The van der Waals surface area contributed by atoms with Crippen LogP contribution in [0.3, 0.4) is 0 Å². The molecule has 1 aromatic rings. The van der Waals surface area contributed by atoms with E-state index < -0.39 is 15.1 Å². The van der Waals surface area contributed by atoms with Gasteiger partial charge in [-0.2, -0.15) is 0 Å². The molecule has 1 aromatic heterocycles. The summed E-state index contributed by atoms with van der Waals surface area (Å²) in [6, 6.07) is -0.341. The first-order valence-corrected chi connectivity index (χ1v) is 7.18. The van der Waals surface area contributed by atoms with Crippen molar-refractivity contribution in [3.63, 3.8) is 0 Å². The molecule has 0 spiro atoms. The van der Waals surface area contributed by atoms with E-state index in [4.69, 9.17) is 5.73 Å². The van der Waals surface area contributed by atoms with Gasteiger partial charge in [0.05, 0.1) is 5.25 Å². The van der Waals surface area contributed by atoms with Gasteiger partial charge in [0.15, 0.2) is 9.84 Å². The zero-order valence-corrected chi connectivity index (χ0v) is 10.7. The van der Waals surface area contributed by atoms with Crippen molar-refractivity contribution in [1.82, 2.24) is 9.55 Å². The Bertz CT molecular complexity index is 439. The lowest BCUT2D eigenvalue weighted by Crippen LogP contribution is -2.38. The van der Waals surface area contributed by atoms with Crippen molar-refractivity contribution in [2.45, 2.75) is 31.1 Å². The molecule has 2 atom stereocenters. The standard InChI is InChI=1S/C10H19N3O2S/c1-8(16(3,14)15)9(11)4-5-10-12-6-7-13(10)2/h6-9H,4-5,11H2,1-3H3. The second-order valence-electron chi connectivity index (χ2n) is 4.19. The molecule has 0 aromatic carbocycles. The third-order valence-corrected chi connectivity index (χ3v) is 4.60. The van der Waals surface area contributed by atoms with Crippen molar-refractivity contribution >= 4 is 9.84 Å². The van der Waals surface area contributed by atoms with Gasteiger partial charge in [-0.25, -0.2) is 13.4 Å². The van der Waals surface area contributed by atoms with E-state index in [-0.39, 0.29) is 6.04 Å². The molecule has 0 radical (unpaired) electrons. The van der Waals surface area contributed by atoms with Gasteiger partial charge in [-0.3, -0.25) is 0 Å². The molecular formula is C10H19N3O2S. The summed E-state index contributed by atoms with van der Waals surface area (Å²) >= 11 is 0. The van der Waals surface area contributed by atoms with Crippen molar-refractivity contribution in [3.05, 3.63) is 18.2 Å². The highest BCUT2D eigenvalue weighted by Crippen LogP contribution is 2.09. The van der Waals surface area contributed by atoms with E-state index in [0.29, 0.717) is 12.8 Å². The Kier molecular flexibility index (Phi) is 4.09. The lowest BCUT2D eigenvalue weighted by atomic mass is 10.1. The molecule has 5 nitrogen and oxygen atoms in total. The molecule has 16 heavy (non-hydrogen) atoms. The van der Waals surface area contributed by atoms with E-state index in [1.54, 1.807) is 13.1 Å². The molecule has 0 aliphatic rings. The SMILES string of the molecule is CC(C(N)CCc1nccn1C)S(C)(=O)=O. The molecule has 0 aliphatic heterocycles. The topological polar surface area (TPSA) is 78.0 Å². The number of rotatable bonds is 5. The van der Waals surface area contributed by atoms with E-state index in [0.717, 1.165) is 5.82 Å². The molecule has 0 aliphatic carbocycles. The minimum absolute atomic E-state index is 0.341. The maximum absolute atomic E-state index is 11.3. The summed E-state index contributed by atoms with van der Waals surface area (Å²) in [6.07, 6.45) is 6.13. The third kappa shape index (κ3) is 3.31. The Morgan fingerprint density at radius 3 is 2.62 bits per heavy atom. The van der Waals surface area contributed by atoms with E-state index >= 15 is 0 Å². The zero-order valence-electron chi connectivity index (χ0n) is 9.92. The largest absolute Gasteiger partial charge is 0.338 e. The lowest BCUT2D eigenvalue weighted by Gasteiger charge is -2.17. The monoisotopic (exact) mass is 245 g/mol. The van der Waals surface area contributed by atoms with Gasteiger partial charge >= 0.3 is 0 Å².